The fourth-order valence-corrected chi connectivity index (χ4v) is 2.29. The molecule has 0 aromatic carbocycles. The highest BCUT2D eigenvalue weighted by molar-refractivity contribution is 6.31. The van der Waals surface area contributed by atoms with Gasteiger partial charge in [-0.15, -0.1) is 0 Å². The van der Waals surface area contributed by atoms with Gasteiger partial charge in [0.1, 0.15) is 0 Å². The molecule has 0 N–H and O–H groups in total. The monoisotopic (exact) mass is 221 g/mol. The Bertz CT molecular complexity index is 374. The molecule has 1 atom stereocenters. The molecule has 0 saturated heterocycles. The predicted molar refractivity (Wildman–Crippen MR) is 62.4 cm³/mol. The van der Waals surface area contributed by atoms with Crippen LogP contribution in [0.4, 0.5) is 0 Å². The van der Waals surface area contributed by atoms with Gasteiger partial charge in [0, 0.05) is 16.5 Å². The van der Waals surface area contributed by atoms with E-state index in [0.717, 1.165) is 29.9 Å². The van der Waals surface area contributed by atoms with Crippen molar-refractivity contribution in [1.29, 1.82) is 0 Å². The van der Waals surface area contributed by atoms with Crippen LogP contribution < -0.4 is 0 Å². The molecule has 0 aliphatic heterocycles. The standard InChI is InChI=1S/C13H14ClO/c1-2-9-3-4-10-5-6-11(14)7-8-12(10)13(9)15/h2,6-9H,3-5H2,1H3. The van der Waals surface area contributed by atoms with Gasteiger partial charge >= 0.3 is 0 Å². The third-order valence-corrected chi connectivity index (χ3v) is 3.38. The van der Waals surface area contributed by atoms with Crippen LogP contribution in [0.2, 0.25) is 0 Å². The summed E-state index contributed by atoms with van der Waals surface area (Å²) < 4.78 is 0. The number of carbonyl (C=O) groups is 1. The summed E-state index contributed by atoms with van der Waals surface area (Å²) in [5.74, 6) is 0.361. The summed E-state index contributed by atoms with van der Waals surface area (Å²) >= 11 is 5.93. The van der Waals surface area contributed by atoms with E-state index < -0.39 is 0 Å². The third kappa shape index (κ3) is 2.07. The van der Waals surface area contributed by atoms with Crippen molar-refractivity contribution >= 4 is 17.4 Å². The van der Waals surface area contributed by atoms with E-state index in [1.165, 1.54) is 5.57 Å². The molecular formula is C13H14ClO. The van der Waals surface area contributed by atoms with Crippen molar-refractivity contribution in [3.8, 4) is 0 Å². The number of hydrogen-bond donors (Lipinski definition) is 0. The summed E-state index contributed by atoms with van der Waals surface area (Å²) in [5, 5.41) is 0.731. The van der Waals surface area contributed by atoms with Crippen LogP contribution in [0.25, 0.3) is 0 Å². The second-order valence-electron chi connectivity index (χ2n) is 3.99. The van der Waals surface area contributed by atoms with E-state index in [0.29, 0.717) is 0 Å². The van der Waals surface area contributed by atoms with Crippen LogP contribution in [0.3, 0.4) is 0 Å². The first kappa shape index (κ1) is 10.7. The molecule has 2 rings (SSSR count). The van der Waals surface area contributed by atoms with Crippen molar-refractivity contribution in [3.05, 3.63) is 40.8 Å². The fraction of sp³-hybridized carbons (Fsp3) is 0.385. The fourth-order valence-electron chi connectivity index (χ4n) is 2.15. The van der Waals surface area contributed by atoms with Crippen LogP contribution in [-0.2, 0) is 4.79 Å². The van der Waals surface area contributed by atoms with E-state index in [1.54, 1.807) is 0 Å². The molecule has 0 aromatic rings. The molecule has 79 valence electrons. The summed E-state index contributed by atoms with van der Waals surface area (Å²) in [6, 6.07) is 0. The summed E-state index contributed by atoms with van der Waals surface area (Å²) in [5.41, 5.74) is 2.13. The molecule has 0 bridgehead atoms. The Balaban J connectivity index is 2.31. The van der Waals surface area contributed by atoms with Gasteiger partial charge in [0.05, 0.1) is 0 Å². The molecule has 15 heavy (non-hydrogen) atoms. The molecule has 0 amide bonds. The lowest BCUT2D eigenvalue weighted by Gasteiger charge is -2.22. The first-order valence-corrected chi connectivity index (χ1v) is 5.69. The average Bonchev–Trinajstić information content (AvgIpc) is 2.42. The maximum absolute atomic E-state index is 12.0. The lowest BCUT2D eigenvalue weighted by atomic mass is 9.80. The highest BCUT2D eigenvalue weighted by Crippen LogP contribution is 2.33. The van der Waals surface area contributed by atoms with E-state index >= 15 is 0 Å². The maximum Gasteiger partial charge on any atom is 0.166 e. The molecule has 2 aliphatic carbocycles. The molecule has 0 spiro atoms. The largest absolute Gasteiger partial charge is 0.294 e. The molecular weight excluding hydrogens is 208 g/mol. The summed E-state index contributed by atoms with van der Waals surface area (Å²) in [6.07, 6.45) is 10.5. The first-order chi connectivity index (χ1) is 7.22. The molecule has 2 heteroatoms. The van der Waals surface area contributed by atoms with Crippen LogP contribution in [-0.4, -0.2) is 5.78 Å². The van der Waals surface area contributed by atoms with Gasteiger partial charge < -0.3 is 0 Å². The quantitative estimate of drug-likeness (QED) is 0.662. The minimum atomic E-state index is 0.102. The number of rotatable bonds is 1. The summed E-state index contributed by atoms with van der Waals surface area (Å²) in [7, 11) is 0. The topological polar surface area (TPSA) is 17.1 Å². The van der Waals surface area contributed by atoms with Crippen molar-refractivity contribution in [2.45, 2.75) is 26.2 Å². The minimum absolute atomic E-state index is 0.102. The Morgan fingerprint density at radius 1 is 1.47 bits per heavy atom. The van der Waals surface area contributed by atoms with Gasteiger partial charge in [0.2, 0.25) is 0 Å². The average molecular weight is 222 g/mol. The zero-order chi connectivity index (χ0) is 10.8. The number of Topliss-reactive ketones (excluding diaryl/α,β-unsaturated/α-hetero) is 1. The van der Waals surface area contributed by atoms with E-state index in [1.807, 2.05) is 31.6 Å². The van der Waals surface area contributed by atoms with Gasteiger partial charge in [-0.2, -0.15) is 0 Å². The zero-order valence-electron chi connectivity index (χ0n) is 8.79. The number of allylic oxidation sites excluding steroid dienone is 6. The SMILES string of the molecule is C[CH]C1CCC2=C(C=CC(Cl)=CC2)C1=O. The van der Waals surface area contributed by atoms with E-state index in [4.69, 9.17) is 11.6 Å². The molecule has 0 aromatic heterocycles. The summed E-state index contributed by atoms with van der Waals surface area (Å²) in [4.78, 5) is 12.0. The van der Waals surface area contributed by atoms with Gasteiger partial charge in [-0.05, 0) is 37.8 Å². The zero-order valence-corrected chi connectivity index (χ0v) is 9.55. The molecule has 0 fully saturated rings. The number of carbonyl (C=O) groups excluding carboxylic acids is 1. The van der Waals surface area contributed by atoms with Crippen molar-refractivity contribution < 1.29 is 4.79 Å². The van der Waals surface area contributed by atoms with Gasteiger partial charge in [0.15, 0.2) is 5.78 Å². The van der Waals surface area contributed by atoms with E-state index in [2.05, 4.69) is 0 Å². The van der Waals surface area contributed by atoms with Crippen molar-refractivity contribution in [2.24, 2.45) is 5.92 Å². The Labute approximate surface area is 95.5 Å². The van der Waals surface area contributed by atoms with E-state index in [9.17, 15) is 4.79 Å². The van der Waals surface area contributed by atoms with Crippen molar-refractivity contribution in [1.82, 2.24) is 0 Å². The lowest BCUT2D eigenvalue weighted by molar-refractivity contribution is -0.118. The van der Waals surface area contributed by atoms with Crippen molar-refractivity contribution in [2.75, 3.05) is 0 Å². The van der Waals surface area contributed by atoms with Crippen LogP contribution in [0.5, 0.6) is 0 Å². The molecule has 0 saturated carbocycles. The maximum atomic E-state index is 12.0. The number of hydrogen-bond acceptors (Lipinski definition) is 1. The highest BCUT2D eigenvalue weighted by Gasteiger charge is 2.27. The molecule has 1 unspecified atom stereocenters. The second-order valence-corrected chi connectivity index (χ2v) is 4.42. The summed E-state index contributed by atoms with van der Waals surface area (Å²) in [6.45, 7) is 1.96. The van der Waals surface area contributed by atoms with Gasteiger partial charge in [0.25, 0.3) is 0 Å². The van der Waals surface area contributed by atoms with Gasteiger partial charge in [-0.25, -0.2) is 0 Å². The minimum Gasteiger partial charge on any atom is -0.294 e. The Hall–Kier alpha value is -0.820. The Kier molecular flexibility index (Phi) is 3.11. The number of halogens is 1. The van der Waals surface area contributed by atoms with Crippen LogP contribution in [0.15, 0.2) is 34.4 Å². The van der Waals surface area contributed by atoms with Crippen LogP contribution in [0.1, 0.15) is 26.2 Å². The highest BCUT2D eigenvalue weighted by atomic mass is 35.5. The van der Waals surface area contributed by atoms with Gasteiger partial charge in [-0.3, -0.25) is 4.79 Å². The Morgan fingerprint density at radius 2 is 2.27 bits per heavy atom. The smallest absolute Gasteiger partial charge is 0.166 e. The predicted octanol–water partition coefficient (Wildman–Crippen LogP) is 3.57. The van der Waals surface area contributed by atoms with Crippen LogP contribution >= 0.6 is 11.6 Å². The first-order valence-electron chi connectivity index (χ1n) is 5.32. The molecule has 1 nitrogen and oxygen atoms in total. The van der Waals surface area contributed by atoms with Crippen LogP contribution in [0, 0.1) is 12.3 Å². The molecule has 1 radical (unpaired) electrons. The molecule has 2 aliphatic rings. The lowest BCUT2D eigenvalue weighted by Crippen LogP contribution is -2.21. The van der Waals surface area contributed by atoms with E-state index in [-0.39, 0.29) is 11.7 Å². The number of ketones is 1. The third-order valence-electron chi connectivity index (χ3n) is 3.10. The Morgan fingerprint density at radius 3 is 3.00 bits per heavy atom. The normalized spacial score (nSPS) is 26.1. The molecule has 0 heterocycles. The van der Waals surface area contributed by atoms with Crippen molar-refractivity contribution in [3.63, 3.8) is 0 Å². The second kappa shape index (κ2) is 4.36. The van der Waals surface area contributed by atoms with Gasteiger partial charge in [-0.1, -0.05) is 30.2 Å².